The average Bonchev–Trinajstić information content (AvgIpc) is 2.72. The van der Waals surface area contributed by atoms with Crippen LogP contribution in [0.5, 0.6) is 0 Å². The van der Waals surface area contributed by atoms with Crippen molar-refractivity contribution in [2.45, 2.75) is 5.16 Å². The number of para-hydroxylation sites is 1. The molecule has 0 bridgehead atoms. The SMILES string of the molecule is COCCNC(=O)c1ccc(-n2c(SCC(=O)[O-])nc3ccccc3c2=O)cc1. The van der Waals surface area contributed by atoms with Gasteiger partial charge in [-0.3, -0.25) is 14.2 Å². The number of thioether (sulfide) groups is 1. The van der Waals surface area contributed by atoms with E-state index < -0.39 is 5.97 Å². The molecule has 150 valence electrons. The number of benzene rings is 2. The van der Waals surface area contributed by atoms with Crippen LogP contribution in [0.2, 0.25) is 0 Å². The van der Waals surface area contributed by atoms with E-state index >= 15 is 0 Å². The van der Waals surface area contributed by atoms with Crippen LogP contribution in [0.3, 0.4) is 0 Å². The molecule has 1 amide bonds. The number of nitrogens with zero attached hydrogens (tertiary/aromatic N) is 2. The lowest BCUT2D eigenvalue weighted by atomic mass is 10.2. The molecule has 1 N–H and O–H groups in total. The minimum absolute atomic E-state index is 0.232. The van der Waals surface area contributed by atoms with Gasteiger partial charge in [0.25, 0.3) is 11.5 Å². The zero-order valence-corrected chi connectivity index (χ0v) is 16.4. The van der Waals surface area contributed by atoms with Gasteiger partial charge in [0.15, 0.2) is 5.16 Å². The Hall–Kier alpha value is -3.17. The van der Waals surface area contributed by atoms with Crippen molar-refractivity contribution < 1.29 is 19.4 Å². The maximum Gasteiger partial charge on any atom is 0.266 e. The molecule has 0 fully saturated rings. The molecule has 3 aromatic rings. The molecular weight excluding hydrogens is 394 g/mol. The normalized spacial score (nSPS) is 10.8. The number of carbonyl (C=O) groups is 2. The van der Waals surface area contributed by atoms with Crippen LogP contribution in [0.1, 0.15) is 10.4 Å². The van der Waals surface area contributed by atoms with Crippen molar-refractivity contribution in [1.29, 1.82) is 0 Å². The summed E-state index contributed by atoms with van der Waals surface area (Å²) < 4.78 is 6.23. The second-order valence-corrected chi connectivity index (χ2v) is 6.95. The van der Waals surface area contributed by atoms with Gasteiger partial charge < -0.3 is 20.0 Å². The Kier molecular flexibility index (Phi) is 6.63. The Morgan fingerprint density at radius 2 is 1.90 bits per heavy atom. The first kappa shape index (κ1) is 20.6. The van der Waals surface area contributed by atoms with Crippen LogP contribution in [0.4, 0.5) is 0 Å². The van der Waals surface area contributed by atoms with Crippen LogP contribution in [-0.4, -0.2) is 47.4 Å². The van der Waals surface area contributed by atoms with E-state index in [1.165, 1.54) is 4.57 Å². The fourth-order valence-electron chi connectivity index (χ4n) is 2.69. The lowest BCUT2D eigenvalue weighted by Crippen LogP contribution is -2.27. The van der Waals surface area contributed by atoms with Gasteiger partial charge in [0.2, 0.25) is 0 Å². The highest BCUT2D eigenvalue weighted by molar-refractivity contribution is 7.99. The van der Waals surface area contributed by atoms with E-state index in [4.69, 9.17) is 4.74 Å². The molecular formula is C20H18N3O5S-. The summed E-state index contributed by atoms with van der Waals surface area (Å²) in [6, 6.07) is 13.3. The number of nitrogens with one attached hydrogen (secondary N) is 1. The summed E-state index contributed by atoms with van der Waals surface area (Å²) in [6.45, 7) is 0.788. The third-order valence-corrected chi connectivity index (χ3v) is 4.96. The van der Waals surface area contributed by atoms with Crippen molar-refractivity contribution in [3.8, 4) is 5.69 Å². The van der Waals surface area contributed by atoms with Gasteiger partial charge in [0.1, 0.15) is 0 Å². The number of rotatable bonds is 8. The number of fused-ring (bicyclic) bond motifs is 1. The molecule has 0 radical (unpaired) electrons. The Labute approximate surface area is 170 Å². The van der Waals surface area contributed by atoms with Gasteiger partial charge in [-0.15, -0.1) is 0 Å². The van der Waals surface area contributed by atoms with Crippen molar-refractivity contribution in [2.75, 3.05) is 26.0 Å². The predicted molar refractivity (Wildman–Crippen MR) is 107 cm³/mol. The van der Waals surface area contributed by atoms with Crippen LogP contribution < -0.4 is 16.0 Å². The van der Waals surface area contributed by atoms with E-state index in [9.17, 15) is 19.5 Å². The first-order valence-corrected chi connectivity index (χ1v) is 9.72. The van der Waals surface area contributed by atoms with E-state index in [1.807, 2.05) is 0 Å². The van der Waals surface area contributed by atoms with Crippen molar-refractivity contribution in [2.24, 2.45) is 0 Å². The van der Waals surface area contributed by atoms with Gasteiger partial charge in [-0.1, -0.05) is 23.9 Å². The Balaban J connectivity index is 2.00. The van der Waals surface area contributed by atoms with Crippen LogP contribution in [0.25, 0.3) is 16.6 Å². The maximum atomic E-state index is 13.0. The molecule has 0 unspecified atom stereocenters. The number of hydrogen-bond donors (Lipinski definition) is 1. The Morgan fingerprint density at radius 1 is 1.17 bits per heavy atom. The lowest BCUT2D eigenvalue weighted by Gasteiger charge is -2.14. The minimum Gasteiger partial charge on any atom is -0.549 e. The summed E-state index contributed by atoms with van der Waals surface area (Å²) in [4.78, 5) is 40.5. The molecule has 0 saturated heterocycles. The van der Waals surface area contributed by atoms with Crippen LogP contribution in [0, 0.1) is 0 Å². The summed E-state index contributed by atoms with van der Waals surface area (Å²) in [5.74, 6) is -1.86. The average molecular weight is 412 g/mol. The third kappa shape index (κ3) is 4.82. The first-order chi connectivity index (χ1) is 14.0. The summed E-state index contributed by atoms with van der Waals surface area (Å²) in [7, 11) is 1.55. The fourth-order valence-corrected chi connectivity index (χ4v) is 3.42. The minimum atomic E-state index is -1.26. The number of carboxylic acid groups (broad SMARTS) is 1. The molecule has 0 aliphatic rings. The summed E-state index contributed by atoms with van der Waals surface area (Å²) in [5, 5.41) is 14.3. The molecule has 0 aliphatic heterocycles. The number of aliphatic carboxylic acids is 1. The number of carbonyl (C=O) groups excluding carboxylic acids is 2. The van der Waals surface area contributed by atoms with Crippen molar-refractivity contribution in [3.63, 3.8) is 0 Å². The molecule has 2 aromatic carbocycles. The van der Waals surface area contributed by atoms with Crippen molar-refractivity contribution in [3.05, 3.63) is 64.4 Å². The highest BCUT2D eigenvalue weighted by Crippen LogP contribution is 2.21. The van der Waals surface area contributed by atoms with Gasteiger partial charge in [-0.25, -0.2) is 4.98 Å². The molecule has 1 aromatic heterocycles. The highest BCUT2D eigenvalue weighted by atomic mass is 32.2. The summed E-state index contributed by atoms with van der Waals surface area (Å²) >= 11 is 0.900. The van der Waals surface area contributed by atoms with Crippen LogP contribution in [-0.2, 0) is 9.53 Å². The van der Waals surface area contributed by atoms with Gasteiger partial charge >= 0.3 is 0 Å². The summed E-state index contributed by atoms with van der Waals surface area (Å²) in [5.41, 5.74) is 1.05. The van der Waals surface area contributed by atoms with E-state index in [0.29, 0.717) is 35.3 Å². The molecule has 0 spiro atoms. The van der Waals surface area contributed by atoms with E-state index in [1.54, 1.807) is 55.6 Å². The topological polar surface area (TPSA) is 113 Å². The second kappa shape index (κ2) is 9.35. The number of methoxy groups -OCH3 is 1. The standard InChI is InChI=1S/C20H19N3O5S/c1-28-11-10-21-18(26)13-6-8-14(9-7-13)23-19(27)15-4-2-3-5-16(15)22-20(23)29-12-17(24)25/h2-9H,10-12H2,1H3,(H,21,26)(H,24,25)/p-1. The maximum absolute atomic E-state index is 13.0. The lowest BCUT2D eigenvalue weighted by molar-refractivity contribution is -0.301. The van der Waals surface area contributed by atoms with Gasteiger partial charge in [0.05, 0.1) is 29.2 Å². The van der Waals surface area contributed by atoms with E-state index in [2.05, 4.69) is 10.3 Å². The Morgan fingerprint density at radius 3 is 2.59 bits per heavy atom. The molecule has 1 heterocycles. The number of ether oxygens (including phenoxy) is 1. The largest absolute Gasteiger partial charge is 0.549 e. The zero-order chi connectivity index (χ0) is 20.8. The smallest absolute Gasteiger partial charge is 0.266 e. The number of aromatic nitrogens is 2. The van der Waals surface area contributed by atoms with E-state index in [0.717, 1.165) is 11.8 Å². The highest BCUT2D eigenvalue weighted by Gasteiger charge is 2.14. The molecule has 0 aliphatic carbocycles. The Bertz CT molecular complexity index is 1100. The van der Waals surface area contributed by atoms with Crippen molar-refractivity contribution in [1.82, 2.24) is 14.9 Å². The van der Waals surface area contributed by atoms with Crippen LogP contribution >= 0.6 is 11.8 Å². The molecule has 3 rings (SSSR count). The number of amides is 1. The molecule has 9 heteroatoms. The number of carboxylic acids is 1. The van der Waals surface area contributed by atoms with Gasteiger partial charge in [-0.2, -0.15) is 0 Å². The first-order valence-electron chi connectivity index (χ1n) is 8.73. The molecule has 29 heavy (non-hydrogen) atoms. The van der Waals surface area contributed by atoms with E-state index in [-0.39, 0.29) is 22.4 Å². The fraction of sp³-hybridized carbons (Fsp3) is 0.200. The molecule has 8 nitrogen and oxygen atoms in total. The van der Waals surface area contributed by atoms with Gasteiger partial charge in [0, 0.05) is 25.0 Å². The van der Waals surface area contributed by atoms with Crippen LogP contribution in [0.15, 0.2) is 58.5 Å². The predicted octanol–water partition coefficient (Wildman–Crippen LogP) is 0.604. The monoisotopic (exact) mass is 412 g/mol. The second-order valence-electron chi connectivity index (χ2n) is 6.01. The van der Waals surface area contributed by atoms with Crippen molar-refractivity contribution >= 4 is 34.5 Å². The third-order valence-electron chi connectivity index (χ3n) is 4.04. The quantitative estimate of drug-likeness (QED) is 0.327. The molecule has 0 saturated carbocycles. The summed E-state index contributed by atoms with van der Waals surface area (Å²) in [6.07, 6.45) is 0. The zero-order valence-electron chi connectivity index (χ0n) is 15.6. The number of hydrogen-bond acceptors (Lipinski definition) is 7. The molecule has 0 atom stereocenters. The van der Waals surface area contributed by atoms with Gasteiger partial charge in [-0.05, 0) is 36.4 Å².